The molecule has 0 saturated heterocycles. The smallest absolute Gasteiger partial charge is 0.240 e. The molecule has 0 amide bonds. The molecule has 0 radical (unpaired) electrons. The molecule has 21 heavy (non-hydrogen) atoms. The van der Waals surface area contributed by atoms with Gasteiger partial charge in [0.25, 0.3) is 0 Å². The summed E-state index contributed by atoms with van der Waals surface area (Å²) in [6.07, 6.45) is 0. The normalized spacial score (nSPS) is 11.5. The Kier molecular flexibility index (Phi) is 5.36. The van der Waals surface area contributed by atoms with Gasteiger partial charge in [-0.3, -0.25) is 0 Å². The second-order valence-corrected chi connectivity index (χ2v) is 6.77. The Bertz CT molecular complexity index is 717. The average molecular weight is 325 g/mol. The van der Waals surface area contributed by atoms with Crippen LogP contribution in [0.15, 0.2) is 53.4 Å². The lowest BCUT2D eigenvalue weighted by Gasteiger charge is -2.09. The van der Waals surface area contributed by atoms with E-state index in [2.05, 4.69) is 10.0 Å². The number of hydrogen-bond donors (Lipinski definition) is 2. The maximum absolute atomic E-state index is 12.3. The molecule has 112 valence electrons. The van der Waals surface area contributed by atoms with Crippen molar-refractivity contribution in [3.8, 4) is 0 Å². The zero-order chi connectivity index (χ0) is 15.3. The Morgan fingerprint density at radius 2 is 1.81 bits per heavy atom. The maximum Gasteiger partial charge on any atom is 0.240 e. The van der Waals surface area contributed by atoms with Crippen molar-refractivity contribution < 1.29 is 8.42 Å². The molecule has 0 unspecified atom stereocenters. The number of sulfonamides is 1. The molecule has 0 saturated carbocycles. The summed E-state index contributed by atoms with van der Waals surface area (Å²) in [6, 6.07) is 14.0. The molecule has 0 aliphatic heterocycles. The van der Waals surface area contributed by atoms with Gasteiger partial charge in [0.1, 0.15) is 0 Å². The van der Waals surface area contributed by atoms with E-state index in [4.69, 9.17) is 11.6 Å². The van der Waals surface area contributed by atoms with Crippen LogP contribution < -0.4 is 10.0 Å². The molecule has 0 aromatic heterocycles. The SMILES string of the molecule is CNCc1cccc(S(=O)(=O)NCc2ccccc2Cl)c1. The summed E-state index contributed by atoms with van der Waals surface area (Å²) in [5.41, 5.74) is 1.66. The molecule has 0 fully saturated rings. The summed E-state index contributed by atoms with van der Waals surface area (Å²) in [5, 5.41) is 3.54. The van der Waals surface area contributed by atoms with Crippen molar-refractivity contribution in [3.05, 3.63) is 64.7 Å². The fourth-order valence-corrected chi connectivity index (χ4v) is 3.20. The lowest BCUT2D eigenvalue weighted by atomic mass is 10.2. The Balaban J connectivity index is 2.15. The molecule has 2 N–H and O–H groups in total. The van der Waals surface area contributed by atoms with Gasteiger partial charge in [-0.25, -0.2) is 13.1 Å². The van der Waals surface area contributed by atoms with Crippen molar-refractivity contribution in [2.45, 2.75) is 18.0 Å². The van der Waals surface area contributed by atoms with Crippen molar-refractivity contribution in [1.82, 2.24) is 10.0 Å². The third-order valence-electron chi connectivity index (χ3n) is 3.00. The molecule has 0 heterocycles. The zero-order valence-corrected chi connectivity index (χ0v) is 13.2. The van der Waals surface area contributed by atoms with Gasteiger partial charge in [-0.1, -0.05) is 41.9 Å². The summed E-state index contributed by atoms with van der Waals surface area (Å²) >= 11 is 6.02. The Morgan fingerprint density at radius 1 is 1.05 bits per heavy atom. The van der Waals surface area contributed by atoms with Crippen LogP contribution in [0.2, 0.25) is 5.02 Å². The lowest BCUT2D eigenvalue weighted by Crippen LogP contribution is -2.23. The molecule has 0 spiro atoms. The minimum absolute atomic E-state index is 0.165. The fourth-order valence-electron chi connectivity index (χ4n) is 1.92. The Morgan fingerprint density at radius 3 is 2.52 bits per heavy atom. The van der Waals surface area contributed by atoms with Crippen LogP contribution in [0.4, 0.5) is 0 Å². The van der Waals surface area contributed by atoms with E-state index in [0.717, 1.165) is 11.1 Å². The van der Waals surface area contributed by atoms with E-state index in [1.807, 2.05) is 25.2 Å². The van der Waals surface area contributed by atoms with Gasteiger partial charge in [-0.05, 0) is 36.4 Å². The third kappa shape index (κ3) is 4.28. The average Bonchev–Trinajstić information content (AvgIpc) is 2.47. The Hall–Kier alpha value is -1.40. The van der Waals surface area contributed by atoms with Crippen LogP contribution in [0.25, 0.3) is 0 Å². The molecular weight excluding hydrogens is 308 g/mol. The quantitative estimate of drug-likeness (QED) is 0.858. The van der Waals surface area contributed by atoms with Crippen molar-refractivity contribution in [2.75, 3.05) is 7.05 Å². The maximum atomic E-state index is 12.3. The third-order valence-corrected chi connectivity index (χ3v) is 4.77. The van der Waals surface area contributed by atoms with Gasteiger partial charge in [-0.2, -0.15) is 0 Å². The molecular formula is C15H17ClN2O2S. The van der Waals surface area contributed by atoms with Crippen LogP contribution >= 0.6 is 11.6 Å². The van der Waals surface area contributed by atoms with Gasteiger partial charge in [0, 0.05) is 18.1 Å². The van der Waals surface area contributed by atoms with Gasteiger partial charge < -0.3 is 5.32 Å². The number of hydrogen-bond acceptors (Lipinski definition) is 3. The highest BCUT2D eigenvalue weighted by Crippen LogP contribution is 2.16. The summed E-state index contributed by atoms with van der Waals surface area (Å²) in [4.78, 5) is 0.252. The summed E-state index contributed by atoms with van der Waals surface area (Å²) in [5.74, 6) is 0. The predicted octanol–water partition coefficient (Wildman–Crippen LogP) is 2.54. The molecule has 2 aromatic rings. The highest BCUT2D eigenvalue weighted by atomic mass is 35.5. The number of rotatable bonds is 6. The molecule has 0 atom stereocenters. The summed E-state index contributed by atoms with van der Waals surface area (Å²) < 4.78 is 27.2. The van der Waals surface area contributed by atoms with Crippen LogP contribution in [0.1, 0.15) is 11.1 Å². The molecule has 0 aliphatic rings. The van der Waals surface area contributed by atoms with Gasteiger partial charge in [0.05, 0.1) is 4.90 Å². The van der Waals surface area contributed by atoms with Crippen LogP contribution in [0, 0.1) is 0 Å². The summed E-state index contributed by atoms with van der Waals surface area (Å²) in [6.45, 7) is 0.784. The Labute approximate surface area is 130 Å². The van der Waals surface area contributed by atoms with E-state index in [9.17, 15) is 8.42 Å². The summed E-state index contributed by atoms with van der Waals surface area (Å²) in [7, 11) is -1.74. The van der Waals surface area contributed by atoms with Gasteiger partial charge >= 0.3 is 0 Å². The van der Waals surface area contributed by atoms with E-state index in [0.29, 0.717) is 11.6 Å². The highest BCUT2D eigenvalue weighted by molar-refractivity contribution is 7.89. The molecule has 2 rings (SSSR count). The lowest BCUT2D eigenvalue weighted by molar-refractivity contribution is 0.581. The van der Waals surface area contributed by atoms with Crippen LogP contribution in [0.5, 0.6) is 0 Å². The van der Waals surface area contributed by atoms with Gasteiger partial charge in [0.15, 0.2) is 0 Å². The largest absolute Gasteiger partial charge is 0.316 e. The van der Waals surface area contributed by atoms with Crippen molar-refractivity contribution in [1.29, 1.82) is 0 Å². The first-order valence-corrected chi connectivity index (χ1v) is 8.35. The van der Waals surface area contributed by atoms with Gasteiger partial charge in [-0.15, -0.1) is 0 Å². The minimum atomic E-state index is -3.55. The number of benzene rings is 2. The van der Waals surface area contributed by atoms with Crippen molar-refractivity contribution in [3.63, 3.8) is 0 Å². The molecule has 4 nitrogen and oxygen atoms in total. The number of halogens is 1. The fraction of sp³-hybridized carbons (Fsp3) is 0.200. The monoisotopic (exact) mass is 324 g/mol. The molecule has 0 aliphatic carbocycles. The first kappa shape index (κ1) is 16.0. The van der Waals surface area contributed by atoms with Crippen LogP contribution in [-0.2, 0) is 23.1 Å². The first-order valence-electron chi connectivity index (χ1n) is 6.49. The van der Waals surface area contributed by atoms with E-state index < -0.39 is 10.0 Å². The van der Waals surface area contributed by atoms with Crippen molar-refractivity contribution >= 4 is 21.6 Å². The number of nitrogens with one attached hydrogen (secondary N) is 2. The first-order chi connectivity index (χ1) is 10.0. The minimum Gasteiger partial charge on any atom is -0.316 e. The van der Waals surface area contributed by atoms with E-state index in [1.165, 1.54) is 0 Å². The molecule has 2 aromatic carbocycles. The second kappa shape index (κ2) is 7.04. The van der Waals surface area contributed by atoms with Crippen LogP contribution in [0.3, 0.4) is 0 Å². The topological polar surface area (TPSA) is 58.2 Å². The van der Waals surface area contributed by atoms with E-state index in [1.54, 1.807) is 30.3 Å². The second-order valence-electron chi connectivity index (χ2n) is 4.59. The van der Waals surface area contributed by atoms with Crippen LogP contribution in [-0.4, -0.2) is 15.5 Å². The van der Waals surface area contributed by atoms with Crippen molar-refractivity contribution in [2.24, 2.45) is 0 Å². The van der Waals surface area contributed by atoms with E-state index >= 15 is 0 Å². The van der Waals surface area contributed by atoms with Gasteiger partial charge in [0.2, 0.25) is 10.0 Å². The van der Waals surface area contributed by atoms with E-state index in [-0.39, 0.29) is 11.4 Å². The standard InChI is InChI=1S/C15H17ClN2O2S/c1-17-10-12-5-4-7-14(9-12)21(19,20)18-11-13-6-2-3-8-15(13)16/h2-9,17-18H,10-11H2,1H3. The molecule has 6 heteroatoms. The zero-order valence-electron chi connectivity index (χ0n) is 11.6. The predicted molar refractivity (Wildman–Crippen MR) is 84.7 cm³/mol. The molecule has 0 bridgehead atoms. The highest BCUT2D eigenvalue weighted by Gasteiger charge is 2.14.